The topological polar surface area (TPSA) is 107 Å². The summed E-state index contributed by atoms with van der Waals surface area (Å²) in [6, 6.07) is 7.49. The lowest BCUT2D eigenvalue weighted by Crippen LogP contribution is -2.34. The Balaban J connectivity index is 1.62. The second-order valence-electron chi connectivity index (χ2n) is 8.43. The van der Waals surface area contributed by atoms with E-state index in [0.29, 0.717) is 41.9 Å². The second-order valence-corrected chi connectivity index (χ2v) is 8.43. The summed E-state index contributed by atoms with van der Waals surface area (Å²) in [5.41, 5.74) is 1.42. The van der Waals surface area contributed by atoms with Crippen molar-refractivity contribution >= 4 is 27.5 Å². The fourth-order valence-corrected chi connectivity index (χ4v) is 4.70. The molecule has 1 aliphatic rings. The first-order valence-electron chi connectivity index (χ1n) is 11.0. The quantitative estimate of drug-likeness (QED) is 0.422. The van der Waals surface area contributed by atoms with Gasteiger partial charge in [0.05, 0.1) is 31.2 Å². The standard InChI is InChI=1S/C25H20FN5O4/c1-13-21-20(23(29-25(28-21)34-2)30-6-7-31-12-27-10-15(31)11-30)24(33)35-22(13)17-9-16(32)8-14-4-3-5-18(26)19(14)17/h3-5,8-10,12,32H,6-7,11H2,1-2H3. The lowest BCUT2D eigenvalue weighted by Gasteiger charge is -2.29. The van der Waals surface area contributed by atoms with Crippen molar-refractivity contribution in [2.75, 3.05) is 18.6 Å². The zero-order valence-corrected chi connectivity index (χ0v) is 18.9. The first kappa shape index (κ1) is 21.1. The van der Waals surface area contributed by atoms with E-state index >= 15 is 0 Å². The lowest BCUT2D eigenvalue weighted by atomic mass is 9.98. The molecule has 6 rings (SSSR count). The highest BCUT2D eigenvalue weighted by molar-refractivity contribution is 6.00. The summed E-state index contributed by atoms with van der Waals surface area (Å²) in [4.78, 5) is 28.5. The van der Waals surface area contributed by atoms with Gasteiger partial charge in [0.25, 0.3) is 0 Å². The normalized spacial score (nSPS) is 13.4. The lowest BCUT2D eigenvalue weighted by molar-refractivity contribution is 0.381. The third kappa shape index (κ3) is 3.29. The highest BCUT2D eigenvalue weighted by Gasteiger charge is 2.26. The third-order valence-electron chi connectivity index (χ3n) is 6.36. The number of hydrogen-bond acceptors (Lipinski definition) is 8. The first-order chi connectivity index (χ1) is 16.9. The van der Waals surface area contributed by atoms with Crippen LogP contribution in [0, 0.1) is 12.7 Å². The Hall–Kier alpha value is -4.47. The summed E-state index contributed by atoms with van der Waals surface area (Å²) in [5, 5.41) is 11.2. The van der Waals surface area contributed by atoms with E-state index in [1.54, 1.807) is 31.6 Å². The fraction of sp³-hybridized carbons (Fsp3) is 0.200. The number of rotatable bonds is 3. The highest BCUT2D eigenvalue weighted by Crippen LogP contribution is 2.38. The molecule has 176 valence electrons. The van der Waals surface area contributed by atoms with Crippen LogP contribution >= 0.6 is 0 Å². The number of fused-ring (bicyclic) bond motifs is 3. The molecular formula is C25H20FN5O4. The van der Waals surface area contributed by atoms with Crippen LogP contribution in [-0.4, -0.2) is 38.3 Å². The maximum atomic E-state index is 14.9. The number of benzene rings is 2. The maximum absolute atomic E-state index is 14.9. The molecule has 0 saturated carbocycles. The van der Waals surface area contributed by atoms with Crippen LogP contribution in [0.5, 0.6) is 11.8 Å². The summed E-state index contributed by atoms with van der Waals surface area (Å²) in [5.74, 6) is -0.0526. The molecule has 35 heavy (non-hydrogen) atoms. The van der Waals surface area contributed by atoms with E-state index in [-0.39, 0.29) is 33.9 Å². The van der Waals surface area contributed by atoms with E-state index in [1.165, 1.54) is 25.3 Å². The number of phenols is 1. The SMILES string of the molecule is COc1nc(N2CCn3cncc3C2)c2c(=O)oc(-c3cc(O)cc4cccc(F)c34)c(C)c2n1. The minimum Gasteiger partial charge on any atom is -0.508 e. The van der Waals surface area contributed by atoms with E-state index in [1.807, 2.05) is 9.47 Å². The average molecular weight is 473 g/mol. The van der Waals surface area contributed by atoms with Crippen molar-refractivity contribution in [1.82, 2.24) is 19.5 Å². The Kier molecular flexibility index (Phi) is 4.70. The van der Waals surface area contributed by atoms with Crippen molar-refractivity contribution in [3.63, 3.8) is 0 Å². The Bertz CT molecular complexity index is 1690. The number of aromatic hydroxyl groups is 1. The Morgan fingerprint density at radius 1 is 1.17 bits per heavy atom. The van der Waals surface area contributed by atoms with Gasteiger partial charge in [-0.3, -0.25) is 0 Å². The number of aromatic nitrogens is 4. The molecule has 0 saturated heterocycles. The monoisotopic (exact) mass is 473 g/mol. The van der Waals surface area contributed by atoms with Crippen LogP contribution in [0.15, 0.2) is 52.1 Å². The highest BCUT2D eigenvalue weighted by atomic mass is 19.1. The van der Waals surface area contributed by atoms with E-state index in [2.05, 4.69) is 15.0 Å². The number of anilines is 1. The summed E-state index contributed by atoms with van der Waals surface area (Å²) >= 11 is 0. The smallest absolute Gasteiger partial charge is 0.349 e. The van der Waals surface area contributed by atoms with Gasteiger partial charge in [-0.1, -0.05) is 12.1 Å². The number of hydrogen-bond donors (Lipinski definition) is 1. The number of phenolic OH excluding ortho intramolecular Hbond substituents is 1. The van der Waals surface area contributed by atoms with Gasteiger partial charge in [0.2, 0.25) is 0 Å². The fourth-order valence-electron chi connectivity index (χ4n) is 4.70. The third-order valence-corrected chi connectivity index (χ3v) is 6.36. The molecule has 10 heteroatoms. The molecule has 0 spiro atoms. The van der Waals surface area contributed by atoms with Gasteiger partial charge in [-0.25, -0.2) is 14.2 Å². The minimum atomic E-state index is -0.662. The molecule has 9 nitrogen and oxygen atoms in total. The summed E-state index contributed by atoms with van der Waals surface area (Å²) < 4.78 is 28.1. The number of methoxy groups -OCH3 is 1. The van der Waals surface area contributed by atoms with E-state index in [0.717, 1.165) is 5.69 Å². The zero-order valence-electron chi connectivity index (χ0n) is 18.9. The Labute approximate surface area is 198 Å². The van der Waals surface area contributed by atoms with Crippen molar-refractivity contribution in [3.05, 3.63) is 70.4 Å². The molecule has 0 fully saturated rings. The second kappa shape index (κ2) is 7.79. The molecule has 4 heterocycles. The molecule has 2 aromatic carbocycles. The Morgan fingerprint density at radius 2 is 2.03 bits per heavy atom. The predicted octanol–water partition coefficient (Wildman–Crippen LogP) is 3.78. The van der Waals surface area contributed by atoms with Gasteiger partial charge < -0.3 is 23.7 Å². The predicted molar refractivity (Wildman–Crippen MR) is 127 cm³/mol. The van der Waals surface area contributed by atoms with E-state index in [9.17, 15) is 14.3 Å². The van der Waals surface area contributed by atoms with Crippen LogP contribution in [-0.2, 0) is 13.1 Å². The van der Waals surface area contributed by atoms with Gasteiger partial charge in [0, 0.05) is 35.8 Å². The van der Waals surface area contributed by atoms with Crippen molar-refractivity contribution in [2.45, 2.75) is 20.0 Å². The largest absolute Gasteiger partial charge is 0.508 e. The summed E-state index contributed by atoms with van der Waals surface area (Å²) in [6.45, 7) is 3.51. The minimum absolute atomic E-state index is 0.0777. The maximum Gasteiger partial charge on any atom is 0.349 e. The molecule has 0 unspecified atom stereocenters. The van der Waals surface area contributed by atoms with Crippen LogP contribution in [0.25, 0.3) is 33.0 Å². The molecule has 0 atom stereocenters. The number of ether oxygens (including phenoxy) is 1. The van der Waals surface area contributed by atoms with Crippen LogP contribution in [0.4, 0.5) is 10.2 Å². The molecule has 1 aliphatic heterocycles. The zero-order chi connectivity index (χ0) is 24.3. The first-order valence-corrected chi connectivity index (χ1v) is 11.0. The van der Waals surface area contributed by atoms with Crippen LogP contribution in [0.2, 0.25) is 0 Å². The van der Waals surface area contributed by atoms with Gasteiger partial charge in [0.1, 0.15) is 22.7 Å². The number of halogens is 1. The summed E-state index contributed by atoms with van der Waals surface area (Å²) in [7, 11) is 1.45. The van der Waals surface area contributed by atoms with Crippen LogP contribution < -0.4 is 15.3 Å². The van der Waals surface area contributed by atoms with Gasteiger partial charge >= 0.3 is 11.6 Å². The van der Waals surface area contributed by atoms with Crippen LogP contribution in [0.3, 0.4) is 0 Å². The van der Waals surface area contributed by atoms with E-state index in [4.69, 9.17) is 9.15 Å². The molecule has 5 aromatic rings. The molecule has 0 radical (unpaired) electrons. The number of imidazole rings is 1. The molecule has 1 N–H and O–H groups in total. The molecule has 0 amide bonds. The molecular weight excluding hydrogens is 453 g/mol. The van der Waals surface area contributed by atoms with E-state index < -0.39 is 11.4 Å². The average Bonchev–Trinajstić information content (AvgIpc) is 3.33. The Morgan fingerprint density at radius 3 is 2.86 bits per heavy atom. The van der Waals surface area contributed by atoms with Gasteiger partial charge in [0.15, 0.2) is 5.82 Å². The summed E-state index contributed by atoms with van der Waals surface area (Å²) in [6.07, 6.45) is 3.55. The van der Waals surface area contributed by atoms with Gasteiger partial charge in [-0.05, 0) is 30.5 Å². The number of aryl methyl sites for hydroxylation is 1. The van der Waals surface area contributed by atoms with Gasteiger partial charge in [-0.15, -0.1) is 0 Å². The van der Waals surface area contributed by atoms with Crippen molar-refractivity contribution in [3.8, 4) is 23.1 Å². The van der Waals surface area contributed by atoms with Gasteiger partial charge in [-0.2, -0.15) is 9.97 Å². The van der Waals surface area contributed by atoms with Crippen LogP contribution in [0.1, 0.15) is 11.3 Å². The van der Waals surface area contributed by atoms with Crippen molar-refractivity contribution in [1.29, 1.82) is 0 Å². The van der Waals surface area contributed by atoms with Crippen molar-refractivity contribution in [2.24, 2.45) is 0 Å². The molecule has 0 aliphatic carbocycles. The number of nitrogens with zero attached hydrogens (tertiary/aromatic N) is 5. The van der Waals surface area contributed by atoms with Crippen molar-refractivity contribution < 1.29 is 18.7 Å². The molecule has 3 aromatic heterocycles. The molecule has 0 bridgehead atoms.